The van der Waals surface area contributed by atoms with E-state index in [1.807, 2.05) is 26.8 Å². The van der Waals surface area contributed by atoms with E-state index in [0.717, 1.165) is 22.8 Å². The molecule has 2 heterocycles. The van der Waals surface area contributed by atoms with Gasteiger partial charge in [0.2, 0.25) is 0 Å². The van der Waals surface area contributed by atoms with Crippen LogP contribution in [0.2, 0.25) is 0 Å². The maximum atomic E-state index is 9.30. The lowest BCUT2D eigenvalue weighted by Gasteiger charge is -2.42. The van der Waals surface area contributed by atoms with Crippen molar-refractivity contribution < 1.29 is 9.84 Å². The molecule has 1 unspecified atom stereocenters. The Bertz CT molecular complexity index is 419. The van der Waals surface area contributed by atoms with Crippen molar-refractivity contribution in [2.75, 3.05) is 24.6 Å². The second-order valence-electron chi connectivity index (χ2n) is 5.16. The zero-order valence-corrected chi connectivity index (χ0v) is 12.4. The molecule has 0 bridgehead atoms. The highest BCUT2D eigenvalue weighted by Gasteiger charge is 2.33. The zero-order chi connectivity index (χ0) is 13.3. The van der Waals surface area contributed by atoms with E-state index in [9.17, 15) is 5.11 Å². The van der Waals surface area contributed by atoms with Gasteiger partial charge < -0.3 is 14.7 Å². The molecule has 0 spiro atoms. The number of morpholine rings is 1. The van der Waals surface area contributed by atoms with Crippen molar-refractivity contribution in [3.63, 3.8) is 0 Å². The number of aryl methyl sites for hydroxylation is 1. The molecular formula is C12H18BrN3O2. The summed E-state index contributed by atoms with van der Waals surface area (Å²) in [5.41, 5.74) is -0.295. The molecule has 1 aliphatic rings. The summed E-state index contributed by atoms with van der Waals surface area (Å²) in [6.45, 7) is 7.31. The monoisotopic (exact) mass is 315 g/mol. The molecule has 1 aliphatic heterocycles. The van der Waals surface area contributed by atoms with Gasteiger partial charge >= 0.3 is 0 Å². The van der Waals surface area contributed by atoms with E-state index in [-0.39, 0.29) is 18.3 Å². The number of hydrogen-bond acceptors (Lipinski definition) is 5. The molecule has 0 aromatic carbocycles. The lowest BCUT2D eigenvalue weighted by atomic mass is 10.1. The Kier molecular flexibility index (Phi) is 3.89. The van der Waals surface area contributed by atoms with E-state index in [0.29, 0.717) is 6.54 Å². The number of ether oxygens (including phenoxy) is 1. The quantitative estimate of drug-likeness (QED) is 0.839. The van der Waals surface area contributed by atoms with E-state index in [2.05, 4.69) is 30.8 Å². The highest BCUT2D eigenvalue weighted by atomic mass is 79.9. The van der Waals surface area contributed by atoms with Gasteiger partial charge in [0.15, 0.2) is 0 Å². The van der Waals surface area contributed by atoms with Crippen LogP contribution in [-0.2, 0) is 4.74 Å². The Labute approximate surface area is 115 Å². The number of aliphatic hydroxyl groups excluding tert-OH is 1. The highest BCUT2D eigenvalue weighted by molar-refractivity contribution is 9.10. The lowest BCUT2D eigenvalue weighted by Crippen LogP contribution is -2.54. The predicted molar refractivity (Wildman–Crippen MR) is 72.7 cm³/mol. The largest absolute Gasteiger partial charge is 0.394 e. The van der Waals surface area contributed by atoms with Crippen LogP contribution in [0, 0.1) is 6.92 Å². The van der Waals surface area contributed by atoms with Gasteiger partial charge in [-0.25, -0.2) is 9.97 Å². The fourth-order valence-corrected chi connectivity index (χ4v) is 2.71. The first-order valence-corrected chi connectivity index (χ1v) is 6.74. The number of halogens is 1. The van der Waals surface area contributed by atoms with Crippen LogP contribution in [-0.4, -0.2) is 46.5 Å². The van der Waals surface area contributed by atoms with Crippen LogP contribution < -0.4 is 4.90 Å². The van der Waals surface area contributed by atoms with Crippen LogP contribution >= 0.6 is 15.9 Å². The average Bonchev–Trinajstić information content (AvgIpc) is 2.25. The summed E-state index contributed by atoms with van der Waals surface area (Å²) in [7, 11) is 0. The van der Waals surface area contributed by atoms with E-state index in [1.54, 1.807) is 0 Å². The van der Waals surface area contributed by atoms with Gasteiger partial charge in [0.25, 0.3) is 0 Å². The second kappa shape index (κ2) is 5.11. The molecule has 100 valence electrons. The van der Waals surface area contributed by atoms with Crippen molar-refractivity contribution in [2.45, 2.75) is 32.5 Å². The number of nitrogens with zero attached hydrogens (tertiary/aromatic N) is 3. The minimum Gasteiger partial charge on any atom is -0.394 e. The molecule has 1 aromatic heterocycles. The van der Waals surface area contributed by atoms with Gasteiger partial charge in [-0.15, -0.1) is 0 Å². The summed E-state index contributed by atoms with van der Waals surface area (Å²) in [5.74, 6) is 1.59. The minimum atomic E-state index is -0.295. The van der Waals surface area contributed by atoms with Gasteiger partial charge in [-0.1, -0.05) is 0 Å². The van der Waals surface area contributed by atoms with Crippen LogP contribution in [0.1, 0.15) is 19.7 Å². The van der Waals surface area contributed by atoms with Crippen molar-refractivity contribution in [1.82, 2.24) is 9.97 Å². The normalized spacial score (nSPS) is 23.2. The van der Waals surface area contributed by atoms with E-state index in [4.69, 9.17) is 4.74 Å². The molecule has 0 radical (unpaired) electrons. The molecule has 0 aliphatic carbocycles. The van der Waals surface area contributed by atoms with E-state index < -0.39 is 0 Å². The van der Waals surface area contributed by atoms with Crippen molar-refractivity contribution in [3.8, 4) is 0 Å². The first kappa shape index (κ1) is 13.7. The van der Waals surface area contributed by atoms with Gasteiger partial charge in [-0.3, -0.25) is 0 Å². The van der Waals surface area contributed by atoms with Crippen LogP contribution in [0.4, 0.5) is 5.82 Å². The summed E-state index contributed by atoms with van der Waals surface area (Å²) in [6, 6.07) is 1.89. The SMILES string of the molecule is Cc1nc(Br)cc(N2CC(CO)OC(C)(C)C2)n1. The van der Waals surface area contributed by atoms with Gasteiger partial charge in [-0.2, -0.15) is 0 Å². The highest BCUT2D eigenvalue weighted by Crippen LogP contribution is 2.26. The summed E-state index contributed by atoms with van der Waals surface area (Å²) in [5, 5.41) is 9.30. The van der Waals surface area contributed by atoms with Crippen molar-refractivity contribution >= 4 is 21.7 Å². The third-order valence-electron chi connectivity index (χ3n) is 2.80. The molecule has 2 rings (SSSR count). The second-order valence-corrected chi connectivity index (χ2v) is 5.97. The van der Waals surface area contributed by atoms with Crippen LogP contribution in [0.15, 0.2) is 10.7 Å². The van der Waals surface area contributed by atoms with Gasteiger partial charge in [-0.05, 0) is 36.7 Å². The summed E-state index contributed by atoms with van der Waals surface area (Å²) >= 11 is 3.38. The summed E-state index contributed by atoms with van der Waals surface area (Å²) < 4.78 is 6.56. The molecule has 1 saturated heterocycles. The topological polar surface area (TPSA) is 58.5 Å². The summed E-state index contributed by atoms with van der Waals surface area (Å²) in [4.78, 5) is 10.8. The van der Waals surface area contributed by atoms with Crippen molar-refractivity contribution in [2.24, 2.45) is 0 Å². The van der Waals surface area contributed by atoms with Crippen LogP contribution in [0.25, 0.3) is 0 Å². The molecule has 0 amide bonds. The maximum Gasteiger partial charge on any atom is 0.133 e. The van der Waals surface area contributed by atoms with Gasteiger partial charge in [0.05, 0.1) is 18.3 Å². The maximum absolute atomic E-state index is 9.30. The number of rotatable bonds is 2. The third-order valence-corrected chi connectivity index (χ3v) is 3.21. The van der Waals surface area contributed by atoms with E-state index >= 15 is 0 Å². The predicted octanol–water partition coefficient (Wildman–Crippen LogP) is 1.52. The van der Waals surface area contributed by atoms with Crippen LogP contribution in [0.5, 0.6) is 0 Å². The molecule has 1 aromatic rings. The lowest BCUT2D eigenvalue weighted by molar-refractivity contribution is -0.101. The fraction of sp³-hybridized carbons (Fsp3) is 0.667. The minimum absolute atomic E-state index is 0.0190. The molecule has 0 saturated carbocycles. The Balaban J connectivity index is 2.26. The van der Waals surface area contributed by atoms with Crippen LogP contribution in [0.3, 0.4) is 0 Å². The Morgan fingerprint density at radius 2 is 2.28 bits per heavy atom. The molecular weight excluding hydrogens is 298 g/mol. The standard InChI is InChI=1S/C12H18BrN3O2/c1-8-14-10(13)4-11(15-8)16-5-9(6-17)18-12(2,3)7-16/h4,9,17H,5-7H2,1-3H3. The smallest absolute Gasteiger partial charge is 0.133 e. The number of aliphatic hydroxyl groups is 1. The number of hydrogen-bond donors (Lipinski definition) is 1. The Morgan fingerprint density at radius 3 is 2.89 bits per heavy atom. The number of anilines is 1. The van der Waals surface area contributed by atoms with Crippen molar-refractivity contribution in [1.29, 1.82) is 0 Å². The first-order chi connectivity index (χ1) is 8.39. The molecule has 1 N–H and O–H groups in total. The Hall–Kier alpha value is -0.720. The molecule has 1 fully saturated rings. The molecule has 5 nitrogen and oxygen atoms in total. The first-order valence-electron chi connectivity index (χ1n) is 5.94. The average molecular weight is 316 g/mol. The molecule has 6 heteroatoms. The van der Waals surface area contributed by atoms with Gasteiger partial charge in [0.1, 0.15) is 16.2 Å². The van der Waals surface area contributed by atoms with Gasteiger partial charge in [0, 0.05) is 19.2 Å². The van der Waals surface area contributed by atoms with E-state index in [1.165, 1.54) is 0 Å². The summed E-state index contributed by atoms with van der Waals surface area (Å²) in [6.07, 6.45) is -0.178. The van der Waals surface area contributed by atoms with Crippen molar-refractivity contribution in [3.05, 3.63) is 16.5 Å². The fourth-order valence-electron chi connectivity index (χ4n) is 2.24. The Morgan fingerprint density at radius 1 is 1.56 bits per heavy atom. The molecule has 18 heavy (non-hydrogen) atoms. The third kappa shape index (κ3) is 3.18. The molecule has 1 atom stereocenters. The number of aromatic nitrogens is 2. The zero-order valence-electron chi connectivity index (χ0n) is 10.9.